The first-order valence-corrected chi connectivity index (χ1v) is 9.53. The number of aryl methyl sites for hydroxylation is 1. The topological polar surface area (TPSA) is 32.3 Å². The van der Waals surface area contributed by atoms with Gasteiger partial charge in [0.1, 0.15) is 0 Å². The van der Waals surface area contributed by atoms with Crippen LogP contribution < -0.4 is 5.32 Å². The maximum absolute atomic E-state index is 12.4. The minimum Gasteiger partial charge on any atom is -0.352 e. The molecule has 2 fully saturated rings. The van der Waals surface area contributed by atoms with Gasteiger partial charge in [-0.2, -0.15) is 0 Å². The van der Waals surface area contributed by atoms with Crippen molar-refractivity contribution in [1.29, 1.82) is 0 Å². The van der Waals surface area contributed by atoms with Crippen LogP contribution in [0.5, 0.6) is 0 Å². The predicted molar refractivity (Wildman–Crippen MR) is 92.2 cm³/mol. The first-order valence-electron chi connectivity index (χ1n) is 8.71. The number of hydrogen-bond acceptors (Lipinski definition) is 3. The van der Waals surface area contributed by atoms with Gasteiger partial charge in [-0.1, -0.05) is 6.92 Å². The fourth-order valence-electron chi connectivity index (χ4n) is 3.83. The lowest BCUT2D eigenvalue weighted by Crippen LogP contribution is -2.43. The van der Waals surface area contributed by atoms with Crippen molar-refractivity contribution in [3.05, 3.63) is 21.9 Å². The third kappa shape index (κ3) is 3.90. The van der Waals surface area contributed by atoms with Gasteiger partial charge in [0.2, 0.25) is 5.91 Å². The van der Waals surface area contributed by atoms with Gasteiger partial charge in [-0.25, -0.2) is 0 Å². The van der Waals surface area contributed by atoms with Crippen molar-refractivity contribution >= 4 is 17.2 Å². The number of carbonyl (C=O) groups excluding carboxylic acids is 1. The Kier molecular flexibility index (Phi) is 5.19. The third-order valence-corrected chi connectivity index (χ3v) is 6.28. The zero-order valence-corrected chi connectivity index (χ0v) is 14.6. The van der Waals surface area contributed by atoms with Crippen LogP contribution in [0.4, 0.5) is 0 Å². The average Bonchev–Trinajstić information content (AvgIpc) is 3.10. The van der Waals surface area contributed by atoms with Crippen LogP contribution in [0, 0.1) is 12.8 Å². The standard InChI is InChI=1S/C18H28N2OS/c1-13-5-8-15(9-6-13)19-18(21)12-20-11-3-4-16(20)17-10-7-14(2)22-17/h7,10,13,15-16H,3-6,8-9,11-12H2,1-2H3,(H,19,21). The van der Waals surface area contributed by atoms with E-state index >= 15 is 0 Å². The monoisotopic (exact) mass is 320 g/mol. The van der Waals surface area contributed by atoms with Gasteiger partial charge in [-0.05, 0) is 70.0 Å². The Morgan fingerprint density at radius 3 is 2.73 bits per heavy atom. The molecule has 2 heterocycles. The molecule has 3 rings (SSSR count). The highest BCUT2D eigenvalue weighted by atomic mass is 32.1. The van der Waals surface area contributed by atoms with Crippen molar-refractivity contribution in [2.24, 2.45) is 5.92 Å². The van der Waals surface area contributed by atoms with E-state index in [9.17, 15) is 4.79 Å². The van der Waals surface area contributed by atoms with Crippen molar-refractivity contribution in [2.75, 3.05) is 13.1 Å². The maximum Gasteiger partial charge on any atom is 0.234 e. The van der Waals surface area contributed by atoms with E-state index in [-0.39, 0.29) is 5.91 Å². The van der Waals surface area contributed by atoms with E-state index in [0.717, 1.165) is 25.3 Å². The van der Waals surface area contributed by atoms with Gasteiger partial charge in [-0.3, -0.25) is 9.69 Å². The molecule has 1 N–H and O–H groups in total. The molecule has 4 heteroatoms. The van der Waals surface area contributed by atoms with Crippen molar-refractivity contribution in [1.82, 2.24) is 10.2 Å². The second-order valence-corrected chi connectivity index (χ2v) is 8.42. The molecule has 1 aliphatic carbocycles. The van der Waals surface area contributed by atoms with Crippen LogP contribution in [0.25, 0.3) is 0 Å². The van der Waals surface area contributed by atoms with Gasteiger partial charge in [0.25, 0.3) is 0 Å². The number of rotatable bonds is 4. The molecule has 1 saturated carbocycles. The number of thiophene rings is 1. The lowest BCUT2D eigenvalue weighted by molar-refractivity contribution is -0.123. The summed E-state index contributed by atoms with van der Waals surface area (Å²) < 4.78 is 0. The lowest BCUT2D eigenvalue weighted by Gasteiger charge is -2.28. The van der Waals surface area contributed by atoms with Crippen LogP contribution in [0.2, 0.25) is 0 Å². The summed E-state index contributed by atoms with van der Waals surface area (Å²) in [6, 6.07) is 5.30. The Morgan fingerprint density at radius 2 is 2.05 bits per heavy atom. The van der Waals surface area contributed by atoms with E-state index in [1.165, 1.54) is 35.4 Å². The Balaban J connectivity index is 1.52. The van der Waals surface area contributed by atoms with E-state index in [1.54, 1.807) is 0 Å². The molecule has 122 valence electrons. The summed E-state index contributed by atoms with van der Waals surface area (Å²) in [7, 11) is 0. The Morgan fingerprint density at radius 1 is 1.27 bits per heavy atom. The van der Waals surface area contributed by atoms with Crippen LogP contribution in [0.1, 0.15) is 61.2 Å². The van der Waals surface area contributed by atoms with Gasteiger partial charge < -0.3 is 5.32 Å². The van der Waals surface area contributed by atoms with Crippen LogP contribution in [0.3, 0.4) is 0 Å². The first kappa shape index (κ1) is 16.0. The quantitative estimate of drug-likeness (QED) is 0.913. The summed E-state index contributed by atoms with van der Waals surface area (Å²) in [4.78, 5) is 17.5. The minimum atomic E-state index is 0.222. The summed E-state index contributed by atoms with van der Waals surface area (Å²) in [5.74, 6) is 1.05. The summed E-state index contributed by atoms with van der Waals surface area (Å²) in [6.45, 7) is 6.09. The molecule has 1 aromatic rings. The highest BCUT2D eigenvalue weighted by molar-refractivity contribution is 7.12. The van der Waals surface area contributed by atoms with E-state index < -0.39 is 0 Å². The van der Waals surface area contributed by atoms with Gasteiger partial charge in [0.05, 0.1) is 6.54 Å². The molecule has 1 aromatic heterocycles. The zero-order chi connectivity index (χ0) is 15.5. The van der Waals surface area contributed by atoms with Crippen molar-refractivity contribution in [3.8, 4) is 0 Å². The zero-order valence-electron chi connectivity index (χ0n) is 13.8. The third-order valence-electron chi connectivity index (χ3n) is 5.18. The van der Waals surface area contributed by atoms with Crippen LogP contribution >= 0.6 is 11.3 Å². The summed E-state index contributed by atoms with van der Waals surface area (Å²) in [6.07, 6.45) is 7.21. The number of hydrogen-bond donors (Lipinski definition) is 1. The molecule has 0 spiro atoms. The smallest absolute Gasteiger partial charge is 0.234 e. The maximum atomic E-state index is 12.4. The van der Waals surface area contributed by atoms with E-state index in [2.05, 4.69) is 36.2 Å². The summed E-state index contributed by atoms with van der Waals surface area (Å²) in [5.41, 5.74) is 0. The van der Waals surface area contributed by atoms with Gasteiger partial charge in [0, 0.05) is 21.8 Å². The molecule has 22 heavy (non-hydrogen) atoms. The number of carbonyl (C=O) groups is 1. The molecule has 1 aliphatic heterocycles. The second kappa shape index (κ2) is 7.14. The molecular weight excluding hydrogens is 292 g/mol. The van der Waals surface area contributed by atoms with E-state index in [4.69, 9.17) is 0 Å². The molecule has 1 amide bonds. The Labute approximate surface area is 138 Å². The van der Waals surface area contributed by atoms with E-state index in [1.807, 2.05) is 11.3 Å². The molecule has 1 saturated heterocycles. The lowest BCUT2D eigenvalue weighted by atomic mass is 9.87. The molecule has 2 aliphatic rings. The minimum absolute atomic E-state index is 0.222. The number of nitrogens with one attached hydrogen (secondary N) is 1. The summed E-state index contributed by atoms with van der Waals surface area (Å²) in [5, 5.41) is 3.27. The van der Waals surface area contributed by atoms with Crippen LogP contribution in [0.15, 0.2) is 12.1 Å². The molecule has 0 radical (unpaired) electrons. The highest BCUT2D eigenvalue weighted by Gasteiger charge is 2.29. The SMILES string of the molecule is Cc1ccc(C2CCCN2CC(=O)NC2CCC(C)CC2)s1. The van der Waals surface area contributed by atoms with Crippen molar-refractivity contribution in [2.45, 2.75) is 64.5 Å². The molecule has 0 bridgehead atoms. The van der Waals surface area contributed by atoms with Crippen molar-refractivity contribution in [3.63, 3.8) is 0 Å². The molecule has 0 aromatic carbocycles. The van der Waals surface area contributed by atoms with Crippen LogP contribution in [-0.2, 0) is 4.79 Å². The molecule has 1 atom stereocenters. The summed E-state index contributed by atoms with van der Waals surface area (Å²) >= 11 is 1.88. The largest absolute Gasteiger partial charge is 0.352 e. The first-order chi connectivity index (χ1) is 10.6. The molecule has 1 unspecified atom stereocenters. The van der Waals surface area contributed by atoms with Crippen molar-refractivity contribution < 1.29 is 4.79 Å². The normalized spacial score (nSPS) is 29.6. The fraction of sp³-hybridized carbons (Fsp3) is 0.722. The van der Waals surface area contributed by atoms with E-state index in [0.29, 0.717) is 18.6 Å². The number of likely N-dealkylation sites (tertiary alicyclic amines) is 1. The second-order valence-electron chi connectivity index (χ2n) is 7.10. The van der Waals surface area contributed by atoms with Crippen LogP contribution in [-0.4, -0.2) is 29.9 Å². The highest BCUT2D eigenvalue weighted by Crippen LogP contribution is 2.35. The number of nitrogens with zero attached hydrogens (tertiary/aromatic N) is 1. The fourth-order valence-corrected chi connectivity index (χ4v) is 4.88. The Hall–Kier alpha value is -0.870. The van der Waals surface area contributed by atoms with Gasteiger partial charge in [-0.15, -0.1) is 11.3 Å². The molecule has 3 nitrogen and oxygen atoms in total. The number of amides is 1. The average molecular weight is 321 g/mol. The predicted octanol–water partition coefficient (Wildman–Crippen LogP) is 3.89. The van der Waals surface area contributed by atoms with Gasteiger partial charge in [0.15, 0.2) is 0 Å². The van der Waals surface area contributed by atoms with Gasteiger partial charge >= 0.3 is 0 Å². The molecular formula is C18H28N2OS. The Bertz CT molecular complexity index is 505.